The van der Waals surface area contributed by atoms with Crippen molar-refractivity contribution in [1.29, 1.82) is 5.26 Å². The van der Waals surface area contributed by atoms with Crippen molar-refractivity contribution < 1.29 is 0 Å². The standard InChI is InChI=1S/C13H7ClN4/c14-11-4-2-1-3-10(11)13-17-16-12-7-9(8-15)5-6-18(12)13/h1-7H. The molecule has 86 valence electrons. The van der Waals surface area contributed by atoms with Crippen LogP contribution in [-0.2, 0) is 0 Å². The molecular formula is C13H7ClN4. The summed E-state index contributed by atoms with van der Waals surface area (Å²) in [7, 11) is 0. The number of hydrogen-bond donors (Lipinski definition) is 0. The Morgan fingerprint density at radius 2 is 2.00 bits per heavy atom. The van der Waals surface area contributed by atoms with Crippen LogP contribution in [0.4, 0.5) is 0 Å². The fourth-order valence-corrected chi connectivity index (χ4v) is 2.01. The van der Waals surface area contributed by atoms with Gasteiger partial charge in [-0.05, 0) is 18.2 Å². The van der Waals surface area contributed by atoms with E-state index in [0.29, 0.717) is 22.1 Å². The zero-order valence-corrected chi connectivity index (χ0v) is 9.96. The Bertz CT molecular complexity index is 770. The first-order chi connectivity index (χ1) is 8.79. The van der Waals surface area contributed by atoms with Gasteiger partial charge in [-0.15, -0.1) is 10.2 Å². The Morgan fingerprint density at radius 1 is 1.17 bits per heavy atom. The number of rotatable bonds is 1. The topological polar surface area (TPSA) is 54.0 Å². The van der Waals surface area contributed by atoms with Crippen molar-refractivity contribution in [3.05, 3.63) is 53.2 Å². The maximum absolute atomic E-state index is 8.84. The van der Waals surface area contributed by atoms with Crippen LogP contribution in [0.5, 0.6) is 0 Å². The molecule has 0 radical (unpaired) electrons. The van der Waals surface area contributed by atoms with Crippen LogP contribution in [0.25, 0.3) is 17.0 Å². The van der Waals surface area contributed by atoms with Gasteiger partial charge in [-0.3, -0.25) is 4.40 Å². The van der Waals surface area contributed by atoms with E-state index < -0.39 is 0 Å². The molecule has 0 spiro atoms. The predicted octanol–water partition coefficient (Wildman–Crippen LogP) is 2.92. The molecule has 0 aliphatic carbocycles. The molecule has 0 saturated carbocycles. The molecule has 0 atom stereocenters. The summed E-state index contributed by atoms with van der Waals surface area (Å²) in [6.45, 7) is 0. The van der Waals surface area contributed by atoms with Gasteiger partial charge in [0.25, 0.3) is 0 Å². The minimum atomic E-state index is 0.556. The van der Waals surface area contributed by atoms with Gasteiger partial charge in [0.2, 0.25) is 0 Å². The van der Waals surface area contributed by atoms with Crippen LogP contribution in [0.1, 0.15) is 5.56 Å². The summed E-state index contributed by atoms with van der Waals surface area (Å²) in [4.78, 5) is 0. The van der Waals surface area contributed by atoms with E-state index in [0.717, 1.165) is 5.56 Å². The van der Waals surface area contributed by atoms with E-state index in [1.807, 2.05) is 28.7 Å². The summed E-state index contributed by atoms with van der Waals surface area (Å²) in [6.07, 6.45) is 1.77. The third-order valence-corrected chi connectivity index (χ3v) is 2.98. The van der Waals surface area contributed by atoms with Gasteiger partial charge >= 0.3 is 0 Å². The summed E-state index contributed by atoms with van der Waals surface area (Å²) in [5.74, 6) is 0.667. The molecule has 0 bridgehead atoms. The molecule has 0 aliphatic heterocycles. The SMILES string of the molecule is N#Cc1ccn2c(-c3ccccc3Cl)nnc2c1. The highest BCUT2D eigenvalue weighted by Gasteiger charge is 2.10. The van der Waals surface area contributed by atoms with Crippen LogP contribution >= 0.6 is 11.6 Å². The quantitative estimate of drug-likeness (QED) is 0.671. The van der Waals surface area contributed by atoms with E-state index in [9.17, 15) is 0 Å². The maximum Gasteiger partial charge on any atom is 0.169 e. The van der Waals surface area contributed by atoms with E-state index in [4.69, 9.17) is 16.9 Å². The van der Waals surface area contributed by atoms with E-state index in [1.165, 1.54) is 0 Å². The van der Waals surface area contributed by atoms with E-state index in [-0.39, 0.29) is 0 Å². The van der Waals surface area contributed by atoms with Crippen LogP contribution in [0.2, 0.25) is 5.02 Å². The second kappa shape index (κ2) is 4.13. The summed E-state index contributed by atoms with van der Waals surface area (Å²) < 4.78 is 1.81. The highest BCUT2D eigenvalue weighted by molar-refractivity contribution is 6.33. The third-order valence-electron chi connectivity index (χ3n) is 2.65. The molecule has 4 nitrogen and oxygen atoms in total. The van der Waals surface area contributed by atoms with Crippen molar-refractivity contribution >= 4 is 17.2 Å². The van der Waals surface area contributed by atoms with Crippen LogP contribution in [0.3, 0.4) is 0 Å². The zero-order valence-electron chi connectivity index (χ0n) is 9.21. The zero-order chi connectivity index (χ0) is 12.5. The molecule has 0 saturated heterocycles. The number of nitriles is 1. The summed E-state index contributed by atoms with van der Waals surface area (Å²) >= 11 is 6.14. The molecule has 2 aromatic heterocycles. The van der Waals surface area contributed by atoms with Crippen molar-refractivity contribution in [2.75, 3.05) is 0 Å². The number of fused-ring (bicyclic) bond motifs is 1. The highest BCUT2D eigenvalue weighted by atomic mass is 35.5. The second-order valence-electron chi connectivity index (χ2n) is 3.76. The Balaban J connectivity index is 2.26. The van der Waals surface area contributed by atoms with Crippen molar-refractivity contribution in [3.8, 4) is 17.5 Å². The van der Waals surface area contributed by atoms with Gasteiger partial charge in [0.1, 0.15) is 0 Å². The van der Waals surface area contributed by atoms with E-state index in [2.05, 4.69) is 16.3 Å². The lowest BCUT2D eigenvalue weighted by molar-refractivity contribution is 1.11. The smallest absolute Gasteiger partial charge is 0.169 e. The van der Waals surface area contributed by atoms with Crippen LogP contribution < -0.4 is 0 Å². The summed E-state index contributed by atoms with van der Waals surface area (Å²) in [6, 6.07) is 12.9. The monoisotopic (exact) mass is 254 g/mol. The molecule has 0 fully saturated rings. The number of halogens is 1. The largest absolute Gasteiger partial charge is 0.282 e. The fourth-order valence-electron chi connectivity index (χ4n) is 1.79. The van der Waals surface area contributed by atoms with Crippen molar-refractivity contribution in [2.45, 2.75) is 0 Å². The predicted molar refractivity (Wildman–Crippen MR) is 68.1 cm³/mol. The molecule has 3 aromatic rings. The Hall–Kier alpha value is -2.38. The lowest BCUT2D eigenvalue weighted by atomic mass is 10.2. The van der Waals surface area contributed by atoms with Crippen molar-refractivity contribution in [3.63, 3.8) is 0 Å². The summed E-state index contributed by atoms with van der Waals surface area (Å²) in [5, 5.41) is 17.6. The first kappa shape index (κ1) is 10.8. The van der Waals surface area contributed by atoms with E-state index in [1.54, 1.807) is 18.3 Å². The number of nitrogens with zero attached hydrogens (tertiary/aromatic N) is 4. The number of hydrogen-bond acceptors (Lipinski definition) is 3. The van der Waals surface area contributed by atoms with Gasteiger partial charge in [0.15, 0.2) is 11.5 Å². The van der Waals surface area contributed by atoms with Gasteiger partial charge in [-0.25, -0.2) is 0 Å². The number of benzene rings is 1. The maximum atomic E-state index is 8.84. The normalized spacial score (nSPS) is 10.4. The van der Waals surface area contributed by atoms with Gasteiger partial charge in [-0.1, -0.05) is 23.7 Å². The Labute approximate surface area is 108 Å². The molecule has 0 aliphatic rings. The lowest BCUT2D eigenvalue weighted by Gasteiger charge is -2.01. The lowest BCUT2D eigenvalue weighted by Crippen LogP contribution is -1.90. The average molecular weight is 255 g/mol. The van der Waals surface area contributed by atoms with E-state index >= 15 is 0 Å². The third kappa shape index (κ3) is 1.62. The minimum Gasteiger partial charge on any atom is -0.282 e. The van der Waals surface area contributed by atoms with Crippen molar-refractivity contribution in [1.82, 2.24) is 14.6 Å². The molecule has 0 N–H and O–H groups in total. The van der Waals surface area contributed by atoms with Gasteiger partial charge in [0.05, 0.1) is 16.7 Å². The fraction of sp³-hybridized carbons (Fsp3) is 0. The molecular weight excluding hydrogens is 248 g/mol. The first-order valence-electron chi connectivity index (χ1n) is 5.29. The Kier molecular flexibility index (Phi) is 2.47. The van der Waals surface area contributed by atoms with Crippen LogP contribution in [-0.4, -0.2) is 14.6 Å². The van der Waals surface area contributed by atoms with Gasteiger partial charge < -0.3 is 0 Å². The summed E-state index contributed by atoms with van der Waals surface area (Å²) in [5.41, 5.74) is 2.00. The Morgan fingerprint density at radius 3 is 2.78 bits per heavy atom. The van der Waals surface area contributed by atoms with Crippen molar-refractivity contribution in [2.24, 2.45) is 0 Å². The minimum absolute atomic E-state index is 0.556. The number of pyridine rings is 1. The first-order valence-corrected chi connectivity index (χ1v) is 5.67. The molecule has 2 heterocycles. The molecule has 0 unspecified atom stereocenters. The highest BCUT2D eigenvalue weighted by Crippen LogP contribution is 2.26. The number of aromatic nitrogens is 3. The van der Waals surface area contributed by atoms with Crippen LogP contribution in [0.15, 0.2) is 42.6 Å². The van der Waals surface area contributed by atoms with Gasteiger partial charge in [-0.2, -0.15) is 5.26 Å². The second-order valence-corrected chi connectivity index (χ2v) is 4.17. The molecule has 3 rings (SSSR count). The molecule has 0 amide bonds. The van der Waals surface area contributed by atoms with Crippen LogP contribution in [0, 0.1) is 11.3 Å². The van der Waals surface area contributed by atoms with Gasteiger partial charge in [0, 0.05) is 17.8 Å². The average Bonchev–Trinajstić information content (AvgIpc) is 2.82. The molecule has 18 heavy (non-hydrogen) atoms. The molecule has 1 aromatic carbocycles. The molecule has 5 heteroatoms.